The molecule has 7 heteroatoms. The van der Waals surface area contributed by atoms with Crippen LogP contribution in [0, 0.1) is 0 Å². The van der Waals surface area contributed by atoms with E-state index in [9.17, 15) is 22.9 Å². The van der Waals surface area contributed by atoms with Crippen molar-refractivity contribution in [1.29, 1.82) is 0 Å². The van der Waals surface area contributed by atoms with Crippen LogP contribution in [0.3, 0.4) is 0 Å². The second kappa shape index (κ2) is 40.0. The largest absolute Gasteiger partial charge is 0.387 e. The summed E-state index contributed by atoms with van der Waals surface area (Å²) in [5, 5.41) is 13.2. The zero-order chi connectivity index (χ0) is 38.9. The van der Waals surface area contributed by atoms with Gasteiger partial charge in [-0.1, -0.05) is 197 Å². The van der Waals surface area contributed by atoms with Crippen molar-refractivity contribution in [3.05, 3.63) is 48.6 Å². The van der Waals surface area contributed by atoms with Crippen molar-refractivity contribution in [2.24, 2.45) is 0 Å². The molecule has 3 N–H and O–H groups in total. The second-order valence-electron chi connectivity index (χ2n) is 15.3. The monoisotopic (exact) mass is 764 g/mol. The number of nitrogens with one attached hydrogen (secondary N) is 1. The average Bonchev–Trinajstić information content (AvgIpc) is 3.12. The Morgan fingerprint density at radius 2 is 0.868 bits per heavy atom. The number of unbranched alkanes of at least 4 members (excludes halogenated alkanes) is 26. The van der Waals surface area contributed by atoms with Gasteiger partial charge in [0.15, 0.2) is 0 Å². The first kappa shape index (κ1) is 51.3. The molecule has 310 valence electrons. The molecule has 6 nitrogen and oxygen atoms in total. The van der Waals surface area contributed by atoms with Crippen LogP contribution >= 0.6 is 0 Å². The first-order valence-corrected chi connectivity index (χ1v) is 23.9. The fraction of sp³-hybridized carbons (Fsp3) is 0.804. The molecular formula is C46H85NO5S. The van der Waals surface area contributed by atoms with Crippen molar-refractivity contribution in [2.75, 3.05) is 5.75 Å². The standard InChI is InChI=1S/C46H85NO5S/c1-3-5-7-9-11-13-15-17-19-21-23-25-27-29-31-33-35-37-39-41-45(48)44(43-53(50,51)52)47-46(49)42-40-38-36-34-32-30-28-26-24-22-20-18-16-14-12-10-8-6-4-2/h12,14,18,20,31,33,39,41,44-45,48H,3-11,13,15-17,19,21-30,32,34-38,40,42-43H2,1-2H3,(H,47,49)(H,50,51,52)/b14-12-,20-18-,33-31+,41-39+. The predicted octanol–water partition coefficient (Wildman–Crippen LogP) is 13.5. The highest BCUT2D eigenvalue weighted by atomic mass is 32.2. The number of carbonyl (C=O) groups excluding carboxylic acids is 1. The van der Waals surface area contributed by atoms with E-state index < -0.39 is 28.0 Å². The van der Waals surface area contributed by atoms with E-state index in [0.29, 0.717) is 6.42 Å². The Balaban J connectivity index is 3.93. The number of hydrogen-bond donors (Lipinski definition) is 3. The quantitative estimate of drug-likeness (QED) is 0.0327. The third-order valence-corrected chi connectivity index (χ3v) is 10.8. The highest BCUT2D eigenvalue weighted by Crippen LogP contribution is 2.14. The van der Waals surface area contributed by atoms with Crippen LogP contribution in [0.2, 0.25) is 0 Å². The molecule has 0 fully saturated rings. The minimum Gasteiger partial charge on any atom is -0.387 e. The number of allylic oxidation sites excluding steroid dienone is 7. The molecule has 0 aromatic carbocycles. The van der Waals surface area contributed by atoms with Crippen LogP contribution in [0.1, 0.15) is 219 Å². The van der Waals surface area contributed by atoms with E-state index in [1.807, 2.05) is 6.08 Å². The zero-order valence-corrected chi connectivity index (χ0v) is 35.5. The summed E-state index contributed by atoms with van der Waals surface area (Å²) in [4.78, 5) is 12.5. The molecule has 0 aromatic heterocycles. The summed E-state index contributed by atoms with van der Waals surface area (Å²) in [5.41, 5.74) is 0. The Kier molecular flexibility index (Phi) is 38.7. The van der Waals surface area contributed by atoms with Crippen LogP contribution in [0.25, 0.3) is 0 Å². The van der Waals surface area contributed by atoms with Crippen LogP contribution in [0.15, 0.2) is 48.6 Å². The van der Waals surface area contributed by atoms with Crippen LogP contribution < -0.4 is 5.32 Å². The van der Waals surface area contributed by atoms with E-state index in [1.54, 1.807) is 0 Å². The number of rotatable bonds is 40. The molecule has 0 aliphatic heterocycles. The van der Waals surface area contributed by atoms with Gasteiger partial charge in [0.2, 0.25) is 5.91 Å². The maximum Gasteiger partial charge on any atom is 0.267 e. The zero-order valence-electron chi connectivity index (χ0n) is 34.6. The lowest BCUT2D eigenvalue weighted by Gasteiger charge is -2.21. The summed E-state index contributed by atoms with van der Waals surface area (Å²) >= 11 is 0. The molecule has 0 saturated heterocycles. The van der Waals surface area contributed by atoms with Gasteiger partial charge >= 0.3 is 0 Å². The Hall–Kier alpha value is -1.70. The van der Waals surface area contributed by atoms with Crippen molar-refractivity contribution in [2.45, 2.75) is 231 Å². The fourth-order valence-corrected chi connectivity index (χ4v) is 7.35. The predicted molar refractivity (Wildman–Crippen MR) is 230 cm³/mol. The number of aliphatic hydroxyl groups is 1. The molecule has 53 heavy (non-hydrogen) atoms. The van der Waals surface area contributed by atoms with Crippen LogP contribution in [0.5, 0.6) is 0 Å². The van der Waals surface area contributed by atoms with Gasteiger partial charge in [0.25, 0.3) is 10.1 Å². The van der Waals surface area contributed by atoms with Crippen LogP contribution in [-0.4, -0.2) is 41.9 Å². The van der Waals surface area contributed by atoms with Gasteiger partial charge in [0.05, 0.1) is 17.9 Å². The molecule has 0 rings (SSSR count). The van der Waals surface area contributed by atoms with Crippen molar-refractivity contribution in [3.63, 3.8) is 0 Å². The lowest BCUT2D eigenvalue weighted by molar-refractivity contribution is -0.122. The summed E-state index contributed by atoms with van der Waals surface area (Å²) in [6, 6.07) is -1.08. The van der Waals surface area contributed by atoms with E-state index in [2.05, 4.69) is 55.6 Å². The van der Waals surface area contributed by atoms with Gasteiger partial charge in [0, 0.05) is 6.42 Å². The smallest absolute Gasteiger partial charge is 0.267 e. The van der Waals surface area contributed by atoms with Crippen molar-refractivity contribution >= 4 is 16.0 Å². The fourth-order valence-electron chi connectivity index (χ4n) is 6.61. The molecule has 1 amide bonds. The molecule has 0 aliphatic carbocycles. The summed E-state index contributed by atoms with van der Waals surface area (Å²) < 4.78 is 32.5. The van der Waals surface area contributed by atoms with Crippen molar-refractivity contribution < 1.29 is 22.9 Å². The summed E-state index contributed by atoms with van der Waals surface area (Å²) in [6.45, 7) is 4.51. The molecule has 0 aliphatic rings. The van der Waals surface area contributed by atoms with E-state index in [0.717, 1.165) is 44.9 Å². The van der Waals surface area contributed by atoms with Crippen LogP contribution in [0.4, 0.5) is 0 Å². The molecule has 0 spiro atoms. The molecule has 0 heterocycles. The van der Waals surface area contributed by atoms with E-state index in [1.165, 1.54) is 154 Å². The third kappa shape index (κ3) is 41.3. The van der Waals surface area contributed by atoms with Gasteiger partial charge in [-0.05, 0) is 64.2 Å². The molecule has 2 atom stereocenters. The van der Waals surface area contributed by atoms with Gasteiger partial charge in [-0.3, -0.25) is 9.35 Å². The topological polar surface area (TPSA) is 104 Å². The molecule has 2 unspecified atom stereocenters. The molecule has 0 saturated carbocycles. The summed E-state index contributed by atoms with van der Waals surface area (Å²) in [7, 11) is -4.36. The number of amides is 1. The number of carbonyl (C=O) groups is 1. The molecular weight excluding hydrogens is 679 g/mol. The second-order valence-corrected chi connectivity index (χ2v) is 16.8. The first-order chi connectivity index (χ1) is 25.8. The van der Waals surface area contributed by atoms with E-state index >= 15 is 0 Å². The highest BCUT2D eigenvalue weighted by molar-refractivity contribution is 7.85. The maximum atomic E-state index is 12.5. The normalized spacial score (nSPS) is 13.7. The van der Waals surface area contributed by atoms with Gasteiger partial charge < -0.3 is 10.4 Å². The summed E-state index contributed by atoms with van der Waals surface area (Å²) in [6.07, 6.45) is 53.9. The number of aliphatic hydroxyl groups excluding tert-OH is 1. The van der Waals surface area contributed by atoms with E-state index in [-0.39, 0.29) is 12.3 Å². The summed E-state index contributed by atoms with van der Waals surface area (Å²) in [5.74, 6) is -1.00. The third-order valence-electron chi connectivity index (χ3n) is 9.98. The Morgan fingerprint density at radius 3 is 1.34 bits per heavy atom. The molecule has 0 radical (unpaired) electrons. The maximum absolute atomic E-state index is 12.5. The van der Waals surface area contributed by atoms with Crippen LogP contribution in [-0.2, 0) is 14.9 Å². The van der Waals surface area contributed by atoms with Gasteiger partial charge in [-0.2, -0.15) is 8.42 Å². The Morgan fingerprint density at radius 1 is 0.509 bits per heavy atom. The van der Waals surface area contributed by atoms with Gasteiger partial charge in [-0.25, -0.2) is 0 Å². The van der Waals surface area contributed by atoms with Gasteiger partial charge in [0.1, 0.15) is 0 Å². The van der Waals surface area contributed by atoms with Gasteiger partial charge in [-0.15, -0.1) is 0 Å². The Labute approximate surface area is 329 Å². The van der Waals surface area contributed by atoms with Crippen molar-refractivity contribution in [1.82, 2.24) is 5.32 Å². The molecule has 0 bridgehead atoms. The highest BCUT2D eigenvalue weighted by Gasteiger charge is 2.24. The van der Waals surface area contributed by atoms with E-state index in [4.69, 9.17) is 0 Å². The average molecular weight is 764 g/mol. The minimum absolute atomic E-state index is 0.282. The first-order valence-electron chi connectivity index (χ1n) is 22.3. The van der Waals surface area contributed by atoms with Crippen molar-refractivity contribution in [3.8, 4) is 0 Å². The number of hydrogen-bond acceptors (Lipinski definition) is 4. The molecule has 0 aromatic rings. The lowest BCUT2D eigenvalue weighted by atomic mass is 10.0. The SMILES string of the molecule is CCCCC/C=C\C/C=C\CCCCCCCCCCCC(=O)NC(CS(=O)(=O)O)C(O)/C=C/CC/C=C/CCCCCCCCCCCCCCC. The lowest BCUT2D eigenvalue weighted by Crippen LogP contribution is -2.46. The Bertz CT molecular complexity index is 1020. The minimum atomic E-state index is -4.36.